The molecule has 0 unspecified atom stereocenters. The van der Waals surface area contributed by atoms with Crippen LogP contribution < -0.4 is 16.0 Å². The van der Waals surface area contributed by atoms with Crippen molar-refractivity contribution in [3.8, 4) is 5.75 Å². The molecular formula is C14H12N2O4. The molecule has 2 heterocycles. The predicted octanol–water partition coefficient (Wildman–Crippen LogP) is 1.34. The van der Waals surface area contributed by atoms with Gasteiger partial charge >= 0.3 is 5.69 Å². The summed E-state index contributed by atoms with van der Waals surface area (Å²) < 4.78 is 11.4. The summed E-state index contributed by atoms with van der Waals surface area (Å²) in [6.07, 6.45) is 1.50. The van der Waals surface area contributed by atoms with Gasteiger partial charge in [0, 0.05) is 0 Å². The van der Waals surface area contributed by atoms with Gasteiger partial charge in [-0.1, -0.05) is 6.07 Å². The monoisotopic (exact) mass is 272 g/mol. The minimum absolute atomic E-state index is 0.0785. The Labute approximate surface area is 113 Å². The van der Waals surface area contributed by atoms with E-state index in [-0.39, 0.29) is 6.54 Å². The maximum atomic E-state index is 12.5. The van der Waals surface area contributed by atoms with E-state index in [1.165, 1.54) is 13.4 Å². The summed E-state index contributed by atoms with van der Waals surface area (Å²) in [5, 5.41) is 0.348. The molecule has 0 radical (unpaired) electrons. The number of methoxy groups -OCH3 is 1. The van der Waals surface area contributed by atoms with Crippen molar-refractivity contribution in [3.63, 3.8) is 0 Å². The van der Waals surface area contributed by atoms with Crippen LogP contribution in [0, 0.1) is 0 Å². The van der Waals surface area contributed by atoms with Crippen LogP contribution in [0.1, 0.15) is 5.76 Å². The molecule has 0 bridgehead atoms. The number of furan rings is 1. The van der Waals surface area contributed by atoms with Gasteiger partial charge in [-0.15, -0.1) is 0 Å². The smallest absolute Gasteiger partial charge is 0.329 e. The molecular weight excluding hydrogens is 260 g/mol. The molecule has 0 saturated carbocycles. The van der Waals surface area contributed by atoms with Crippen LogP contribution >= 0.6 is 0 Å². The number of H-pyrrole nitrogens is 1. The average Bonchev–Trinajstić information content (AvgIpc) is 2.95. The number of fused-ring (bicyclic) bond motifs is 1. The predicted molar refractivity (Wildman–Crippen MR) is 73.2 cm³/mol. The van der Waals surface area contributed by atoms with Crippen molar-refractivity contribution in [2.24, 2.45) is 0 Å². The second-order valence-electron chi connectivity index (χ2n) is 4.28. The summed E-state index contributed by atoms with van der Waals surface area (Å²) in [7, 11) is 1.48. The lowest BCUT2D eigenvalue weighted by atomic mass is 10.2. The highest BCUT2D eigenvalue weighted by atomic mass is 16.5. The van der Waals surface area contributed by atoms with E-state index in [1.54, 1.807) is 30.3 Å². The molecule has 0 spiro atoms. The van der Waals surface area contributed by atoms with Crippen molar-refractivity contribution >= 4 is 10.9 Å². The maximum absolute atomic E-state index is 12.5. The van der Waals surface area contributed by atoms with Gasteiger partial charge in [0.15, 0.2) is 0 Å². The van der Waals surface area contributed by atoms with Crippen LogP contribution in [0.2, 0.25) is 0 Å². The van der Waals surface area contributed by atoms with Gasteiger partial charge in [0.25, 0.3) is 5.56 Å². The van der Waals surface area contributed by atoms with Gasteiger partial charge in [0.1, 0.15) is 16.9 Å². The summed E-state index contributed by atoms with van der Waals surface area (Å²) in [4.78, 5) is 27.2. The minimum atomic E-state index is -0.479. The van der Waals surface area contributed by atoms with Crippen LogP contribution in [0.3, 0.4) is 0 Å². The molecule has 20 heavy (non-hydrogen) atoms. The Morgan fingerprint density at radius 1 is 1.25 bits per heavy atom. The first-order valence-electron chi connectivity index (χ1n) is 6.03. The highest BCUT2D eigenvalue weighted by molar-refractivity contribution is 5.83. The summed E-state index contributed by atoms with van der Waals surface area (Å²) in [5.41, 5.74) is -0.431. The van der Waals surface area contributed by atoms with Crippen molar-refractivity contribution in [1.29, 1.82) is 0 Å². The molecule has 1 aromatic carbocycles. The van der Waals surface area contributed by atoms with E-state index in [2.05, 4.69) is 4.98 Å². The van der Waals surface area contributed by atoms with Gasteiger partial charge < -0.3 is 14.1 Å². The lowest BCUT2D eigenvalue weighted by molar-refractivity contribution is 0.418. The van der Waals surface area contributed by atoms with Gasteiger partial charge in [-0.2, -0.15) is 0 Å². The molecule has 0 saturated heterocycles. The molecule has 0 atom stereocenters. The third-order valence-electron chi connectivity index (χ3n) is 3.09. The average molecular weight is 272 g/mol. The Bertz CT molecular complexity index is 859. The van der Waals surface area contributed by atoms with Gasteiger partial charge in [0.05, 0.1) is 25.4 Å². The normalized spacial score (nSPS) is 10.8. The number of ether oxygens (including phenoxy) is 1. The van der Waals surface area contributed by atoms with Crippen LogP contribution in [0.15, 0.2) is 50.6 Å². The SMILES string of the molecule is COc1cccc2[nH]c(=O)n(Cc3ccco3)c(=O)c12. The van der Waals surface area contributed by atoms with Crippen molar-refractivity contribution < 1.29 is 9.15 Å². The molecule has 0 aliphatic rings. The molecule has 1 N–H and O–H groups in total. The second-order valence-corrected chi connectivity index (χ2v) is 4.28. The van der Waals surface area contributed by atoms with E-state index < -0.39 is 11.2 Å². The number of hydrogen-bond donors (Lipinski definition) is 1. The highest BCUT2D eigenvalue weighted by Gasteiger charge is 2.12. The molecule has 6 heteroatoms. The van der Waals surface area contributed by atoms with Crippen LogP contribution in [0.25, 0.3) is 10.9 Å². The Morgan fingerprint density at radius 2 is 2.10 bits per heavy atom. The minimum Gasteiger partial charge on any atom is -0.496 e. The third-order valence-corrected chi connectivity index (χ3v) is 3.09. The molecule has 0 amide bonds. The Balaban J connectivity index is 2.28. The Hall–Kier alpha value is -2.76. The molecule has 102 valence electrons. The molecule has 0 fully saturated rings. The molecule has 0 aliphatic heterocycles. The quantitative estimate of drug-likeness (QED) is 0.780. The van der Waals surface area contributed by atoms with Crippen molar-refractivity contribution in [3.05, 3.63) is 63.2 Å². The van der Waals surface area contributed by atoms with Crippen molar-refractivity contribution in [2.45, 2.75) is 6.54 Å². The van der Waals surface area contributed by atoms with Gasteiger partial charge in [-0.25, -0.2) is 4.79 Å². The first-order chi connectivity index (χ1) is 9.70. The highest BCUT2D eigenvalue weighted by Crippen LogP contribution is 2.19. The molecule has 2 aromatic heterocycles. The Morgan fingerprint density at radius 3 is 2.80 bits per heavy atom. The zero-order chi connectivity index (χ0) is 14.1. The number of nitrogens with zero attached hydrogens (tertiary/aromatic N) is 1. The zero-order valence-corrected chi connectivity index (χ0v) is 10.8. The van der Waals surface area contributed by atoms with Gasteiger partial charge in [0.2, 0.25) is 0 Å². The lowest BCUT2D eigenvalue weighted by Crippen LogP contribution is -2.35. The number of benzene rings is 1. The van der Waals surface area contributed by atoms with Crippen LogP contribution in [0.4, 0.5) is 0 Å². The molecule has 0 aliphatic carbocycles. The summed E-state index contributed by atoms with van der Waals surface area (Å²) in [6.45, 7) is 0.0785. The zero-order valence-electron chi connectivity index (χ0n) is 10.8. The Kier molecular flexibility index (Phi) is 2.90. The molecule has 3 rings (SSSR count). The first-order valence-corrected chi connectivity index (χ1v) is 6.03. The molecule has 6 nitrogen and oxygen atoms in total. The number of rotatable bonds is 3. The maximum Gasteiger partial charge on any atom is 0.329 e. The van der Waals surface area contributed by atoms with E-state index in [0.29, 0.717) is 22.4 Å². The summed E-state index contributed by atoms with van der Waals surface area (Å²) in [6, 6.07) is 8.47. The van der Waals surface area contributed by atoms with Crippen LogP contribution in [-0.2, 0) is 6.54 Å². The van der Waals surface area contributed by atoms with Gasteiger partial charge in [-0.3, -0.25) is 9.36 Å². The molecule has 3 aromatic rings. The number of aromatic nitrogens is 2. The largest absolute Gasteiger partial charge is 0.496 e. The van der Waals surface area contributed by atoms with E-state index >= 15 is 0 Å². The fourth-order valence-electron chi connectivity index (χ4n) is 2.14. The second kappa shape index (κ2) is 4.73. The van der Waals surface area contributed by atoms with Crippen LogP contribution in [-0.4, -0.2) is 16.7 Å². The standard InChI is InChI=1S/C14H12N2O4/c1-19-11-6-2-5-10-12(11)13(17)16(14(18)15-10)8-9-4-3-7-20-9/h2-7H,8H2,1H3,(H,15,18). The van der Waals surface area contributed by atoms with Crippen molar-refractivity contribution in [1.82, 2.24) is 9.55 Å². The van der Waals surface area contributed by atoms with E-state index in [4.69, 9.17) is 9.15 Å². The van der Waals surface area contributed by atoms with E-state index in [1.807, 2.05) is 0 Å². The van der Waals surface area contributed by atoms with E-state index in [0.717, 1.165) is 4.57 Å². The lowest BCUT2D eigenvalue weighted by Gasteiger charge is -2.07. The van der Waals surface area contributed by atoms with Gasteiger partial charge in [-0.05, 0) is 24.3 Å². The fraction of sp³-hybridized carbons (Fsp3) is 0.143. The van der Waals surface area contributed by atoms with E-state index in [9.17, 15) is 9.59 Å². The number of aromatic amines is 1. The number of hydrogen-bond acceptors (Lipinski definition) is 4. The number of nitrogens with one attached hydrogen (secondary N) is 1. The summed E-state index contributed by atoms with van der Waals surface area (Å²) in [5.74, 6) is 0.962. The summed E-state index contributed by atoms with van der Waals surface area (Å²) >= 11 is 0. The van der Waals surface area contributed by atoms with Crippen LogP contribution in [0.5, 0.6) is 5.75 Å². The van der Waals surface area contributed by atoms with Crippen molar-refractivity contribution in [2.75, 3.05) is 7.11 Å². The fourth-order valence-corrected chi connectivity index (χ4v) is 2.14. The first kappa shape index (κ1) is 12.3. The topological polar surface area (TPSA) is 77.2 Å². The third kappa shape index (κ3) is 1.91.